The van der Waals surface area contributed by atoms with E-state index in [-0.39, 0.29) is 11.9 Å². The summed E-state index contributed by atoms with van der Waals surface area (Å²) in [7, 11) is 0. The number of aliphatic hydroxyl groups is 1. The predicted octanol–water partition coefficient (Wildman–Crippen LogP) is 1.65. The number of β-amino-alcohol motifs (C(OH)–C–C–N with tert-alkyl or cyclic N) is 1. The summed E-state index contributed by atoms with van der Waals surface area (Å²) in [5.41, 5.74) is 1.20. The zero-order valence-electron chi connectivity index (χ0n) is 9.56. The molecule has 0 spiro atoms. The van der Waals surface area contributed by atoms with Gasteiger partial charge in [0.25, 0.3) is 0 Å². The molecule has 0 aromatic heterocycles. The van der Waals surface area contributed by atoms with Crippen LogP contribution in [-0.4, -0.2) is 29.2 Å². The van der Waals surface area contributed by atoms with Gasteiger partial charge in [-0.3, -0.25) is 4.90 Å². The number of rotatable bonds is 2. The normalized spacial score (nSPS) is 21.1. The van der Waals surface area contributed by atoms with Crippen molar-refractivity contribution in [2.75, 3.05) is 13.1 Å². The van der Waals surface area contributed by atoms with Crippen molar-refractivity contribution in [3.05, 3.63) is 35.1 Å². The maximum Gasteiger partial charge on any atom is 0.123 e. The van der Waals surface area contributed by atoms with Crippen LogP contribution in [0.1, 0.15) is 24.0 Å². The van der Waals surface area contributed by atoms with Crippen molar-refractivity contribution in [3.63, 3.8) is 0 Å². The fourth-order valence-corrected chi connectivity index (χ4v) is 2.22. The molecule has 1 N–H and O–H groups in total. The second-order valence-corrected chi connectivity index (χ2v) is 4.44. The summed E-state index contributed by atoms with van der Waals surface area (Å²) >= 11 is 0. The summed E-state index contributed by atoms with van der Waals surface area (Å²) in [5, 5.41) is 18.5. The van der Waals surface area contributed by atoms with Gasteiger partial charge in [-0.15, -0.1) is 0 Å². The Kier molecular flexibility index (Phi) is 3.72. The molecule has 2 rings (SSSR count). The Balaban J connectivity index is 2.12. The lowest BCUT2D eigenvalue weighted by Crippen LogP contribution is -2.37. The molecule has 0 radical (unpaired) electrons. The number of halogens is 1. The van der Waals surface area contributed by atoms with E-state index in [0.717, 1.165) is 19.4 Å². The largest absolute Gasteiger partial charge is 0.392 e. The van der Waals surface area contributed by atoms with E-state index < -0.39 is 0 Å². The SMILES string of the molecule is N#Cc1ccc(F)cc1CN1CCC[C@H](O)C1. The molecule has 1 fully saturated rings. The first-order valence-corrected chi connectivity index (χ1v) is 5.78. The van der Waals surface area contributed by atoms with Gasteiger partial charge in [0.15, 0.2) is 0 Å². The fourth-order valence-electron chi connectivity index (χ4n) is 2.22. The fraction of sp³-hybridized carbons (Fsp3) is 0.462. The maximum atomic E-state index is 13.1. The van der Waals surface area contributed by atoms with Gasteiger partial charge < -0.3 is 5.11 Å². The van der Waals surface area contributed by atoms with Gasteiger partial charge in [0.05, 0.1) is 17.7 Å². The molecule has 1 aliphatic heterocycles. The Bertz CT molecular complexity index is 442. The van der Waals surface area contributed by atoms with Crippen LogP contribution in [-0.2, 0) is 6.54 Å². The minimum absolute atomic E-state index is 0.303. The zero-order valence-corrected chi connectivity index (χ0v) is 9.56. The average Bonchev–Trinajstić information content (AvgIpc) is 2.29. The second-order valence-electron chi connectivity index (χ2n) is 4.44. The molecule has 90 valence electrons. The number of likely N-dealkylation sites (tertiary alicyclic amines) is 1. The van der Waals surface area contributed by atoms with Crippen LogP contribution in [0.25, 0.3) is 0 Å². The quantitative estimate of drug-likeness (QED) is 0.846. The van der Waals surface area contributed by atoms with Crippen LogP contribution in [0.4, 0.5) is 4.39 Å². The molecule has 17 heavy (non-hydrogen) atoms. The third-order valence-electron chi connectivity index (χ3n) is 3.06. The van der Waals surface area contributed by atoms with Crippen LogP contribution >= 0.6 is 0 Å². The van der Waals surface area contributed by atoms with Crippen molar-refractivity contribution >= 4 is 0 Å². The Morgan fingerprint density at radius 3 is 3.06 bits per heavy atom. The number of nitriles is 1. The molecule has 0 amide bonds. The lowest BCUT2D eigenvalue weighted by molar-refractivity contribution is 0.0667. The lowest BCUT2D eigenvalue weighted by Gasteiger charge is -2.30. The van der Waals surface area contributed by atoms with E-state index in [4.69, 9.17) is 5.26 Å². The maximum absolute atomic E-state index is 13.1. The van der Waals surface area contributed by atoms with Gasteiger partial charge in [0, 0.05) is 13.1 Å². The van der Waals surface area contributed by atoms with Gasteiger partial charge in [-0.25, -0.2) is 4.39 Å². The highest BCUT2D eigenvalue weighted by molar-refractivity contribution is 5.37. The smallest absolute Gasteiger partial charge is 0.123 e. The van der Waals surface area contributed by atoms with Gasteiger partial charge in [-0.2, -0.15) is 5.26 Å². The van der Waals surface area contributed by atoms with Gasteiger partial charge in [0.2, 0.25) is 0 Å². The summed E-state index contributed by atoms with van der Waals surface area (Å²) in [4.78, 5) is 2.06. The van der Waals surface area contributed by atoms with Crippen LogP contribution in [0.5, 0.6) is 0 Å². The van der Waals surface area contributed by atoms with Gasteiger partial charge in [-0.05, 0) is 43.1 Å². The van der Waals surface area contributed by atoms with Crippen LogP contribution < -0.4 is 0 Å². The molecule has 1 saturated heterocycles. The third kappa shape index (κ3) is 3.02. The summed E-state index contributed by atoms with van der Waals surface area (Å²) < 4.78 is 13.1. The van der Waals surface area contributed by atoms with Gasteiger partial charge in [0.1, 0.15) is 5.82 Å². The van der Waals surface area contributed by atoms with E-state index in [1.54, 1.807) is 0 Å². The molecule has 0 unspecified atom stereocenters. The number of piperidine rings is 1. The Labute approximate surface area is 100 Å². The van der Waals surface area contributed by atoms with Gasteiger partial charge >= 0.3 is 0 Å². The second kappa shape index (κ2) is 5.26. The standard InChI is InChI=1S/C13H15FN2O/c14-12-4-3-10(7-15)11(6-12)8-16-5-1-2-13(17)9-16/h3-4,6,13,17H,1-2,5,8-9H2/t13-/m0/s1. The van der Waals surface area contributed by atoms with Crippen molar-refractivity contribution in [1.82, 2.24) is 4.90 Å². The Morgan fingerprint density at radius 1 is 1.53 bits per heavy atom. The predicted molar refractivity (Wildman–Crippen MR) is 61.6 cm³/mol. The number of benzene rings is 1. The van der Waals surface area contributed by atoms with E-state index in [1.807, 2.05) is 0 Å². The van der Waals surface area contributed by atoms with Crippen molar-refractivity contribution in [1.29, 1.82) is 5.26 Å². The highest BCUT2D eigenvalue weighted by Gasteiger charge is 2.18. The average molecular weight is 234 g/mol. The van der Waals surface area contributed by atoms with E-state index in [0.29, 0.717) is 24.2 Å². The van der Waals surface area contributed by atoms with Crippen LogP contribution in [0.2, 0.25) is 0 Å². The molecular weight excluding hydrogens is 219 g/mol. The van der Waals surface area contributed by atoms with E-state index in [9.17, 15) is 9.50 Å². The summed E-state index contributed by atoms with van der Waals surface area (Å²) in [5.74, 6) is -0.323. The molecule has 0 saturated carbocycles. The van der Waals surface area contributed by atoms with Crippen molar-refractivity contribution in [2.45, 2.75) is 25.5 Å². The molecule has 3 nitrogen and oxygen atoms in total. The van der Waals surface area contributed by atoms with Crippen molar-refractivity contribution in [3.8, 4) is 6.07 Å². The molecule has 1 atom stereocenters. The number of hydrogen-bond donors (Lipinski definition) is 1. The minimum Gasteiger partial charge on any atom is -0.392 e. The number of hydrogen-bond acceptors (Lipinski definition) is 3. The summed E-state index contributed by atoms with van der Waals surface area (Å²) in [6.45, 7) is 2.01. The summed E-state index contributed by atoms with van der Waals surface area (Å²) in [6.07, 6.45) is 1.46. The highest BCUT2D eigenvalue weighted by Crippen LogP contribution is 2.17. The van der Waals surface area contributed by atoms with Gasteiger partial charge in [-0.1, -0.05) is 0 Å². The molecule has 1 aromatic rings. The molecule has 4 heteroatoms. The van der Waals surface area contributed by atoms with Crippen LogP contribution in [0.15, 0.2) is 18.2 Å². The molecule has 0 aliphatic carbocycles. The Hall–Kier alpha value is -1.44. The van der Waals surface area contributed by atoms with Crippen LogP contribution in [0.3, 0.4) is 0 Å². The molecule has 1 aromatic carbocycles. The zero-order chi connectivity index (χ0) is 12.3. The first-order chi connectivity index (χ1) is 8.19. The van der Waals surface area contributed by atoms with Crippen molar-refractivity contribution < 1.29 is 9.50 Å². The molecule has 1 heterocycles. The van der Waals surface area contributed by atoms with E-state index in [1.165, 1.54) is 18.2 Å². The monoisotopic (exact) mass is 234 g/mol. The van der Waals surface area contributed by atoms with Crippen molar-refractivity contribution in [2.24, 2.45) is 0 Å². The summed E-state index contributed by atoms with van der Waals surface area (Å²) in [6, 6.07) is 6.27. The minimum atomic E-state index is -0.323. The topological polar surface area (TPSA) is 47.3 Å². The Morgan fingerprint density at radius 2 is 2.35 bits per heavy atom. The molecule has 0 bridgehead atoms. The first-order valence-electron chi connectivity index (χ1n) is 5.78. The number of nitrogens with zero attached hydrogens (tertiary/aromatic N) is 2. The van der Waals surface area contributed by atoms with Crippen LogP contribution in [0, 0.1) is 17.1 Å². The third-order valence-corrected chi connectivity index (χ3v) is 3.06. The van der Waals surface area contributed by atoms with E-state index >= 15 is 0 Å². The molecular formula is C13H15FN2O. The first kappa shape index (κ1) is 12.0. The number of aliphatic hydroxyl groups excluding tert-OH is 1. The van der Waals surface area contributed by atoms with E-state index in [2.05, 4.69) is 11.0 Å². The highest BCUT2D eigenvalue weighted by atomic mass is 19.1. The molecule has 1 aliphatic rings. The lowest BCUT2D eigenvalue weighted by atomic mass is 10.0.